The first-order chi connectivity index (χ1) is 20.9. The normalized spacial score (nSPS) is 12.9. The number of nitrogens with one attached hydrogen (secondary N) is 1. The van der Waals surface area contributed by atoms with E-state index in [1.165, 1.54) is 6.92 Å². The van der Waals surface area contributed by atoms with Crippen LogP contribution in [0.5, 0.6) is 5.75 Å². The van der Waals surface area contributed by atoms with E-state index in [1.807, 2.05) is 78.9 Å². The highest BCUT2D eigenvalue weighted by molar-refractivity contribution is 5.83. The van der Waals surface area contributed by atoms with Crippen molar-refractivity contribution in [3.8, 4) is 29.2 Å². The van der Waals surface area contributed by atoms with Crippen LogP contribution in [0, 0.1) is 12.3 Å². The average molecular weight is 575 g/mol. The van der Waals surface area contributed by atoms with E-state index >= 15 is 0 Å². The Balaban J connectivity index is 1.30. The molecular formula is C35H30N2O6. The van der Waals surface area contributed by atoms with Gasteiger partial charge in [0.1, 0.15) is 24.4 Å². The van der Waals surface area contributed by atoms with Gasteiger partial charge in [-0.3, -0.25) is 0 Å². The Labute approximate surface area is 250 Å². The van der Waals surface area contributed by atoms with Crippen molar-refractivity contribution in [2.45, 2.75) is 31.3 Å². The van der Waals surface area contributed by atoms with Crippen LogP contribution in [-0.4, -0.2) is 41.9 Å². The monoisotopic (exact) mass is 574 g/mol. The van der Waals surface area contributed by atoms with Gasteiger partial charge in [-0.15, -0.1) is 11.5 Å². The van der Waals surface area contributed by atoms with E-state index in [1.54, 1.807) is 30.3 Å². The highest BCUT2D eigenvalue weighted by Crippen LogP contribution is 2.44. The van der Waals surface area contributed by atoms with Gasteiger partial charge < -0.3 is 19.6 Å². The van der Waals surface area contributed by atoms with Crippen molar-refractivity contribution in [1.29, 1.82) is 0 Å². The first-order valence-corrected chi connectivity index (χ1v) is 13.8. The van der Waals surface area contributed by atoms with Gasteiger partial charge in [0.15, 0.2) is 0 Å². The van der Waals surface area contributed by atoms with Gasteiger partial charge in [0.2, 0.25) is 0 Å². The zero-order valence-electron chi connectivity index (χ0n) is 23.5. The van der Waals surface area contributed by atoms with Gasteiger partial charge in [0.05, 0.1) is 0 Å². The van der Waals surface area contributed by atoms with E-state index in [4.69, 9.17) is 20.7 Å². The van der Waals surface area contributed by atoms with Crippen LogP contribution in [0.4, 0.5) is 9.59 Å². The van der Waals surface area contributed by atoms with Gasteiger partial charge in [0, 0.05) is 12.3 Å². The maximum Gasteiger partial charge on any atom is 0.449 e. The van der Waals surface area contributed by atoms with E-state index in [9.17, 15) is 14.4 Å². The minimum absolute atomic E-state index is 0.0661. The Morgan fingerprint density at radius 2 is 1.40 bits per heavy atom. The number of hydrogen-bond donors (Lipinski definition) is 1. The lowest BCUT2D eigenvalue weighted by Crippen LogP contribution is -2.49. The summed E-state index contributed by atoms with van der Waals surface area (Å²) in [5.74, 6) is 1.55. The van der Waals surface area contributed by atoms with E-state index in [0.717, 1.165) is 27.8 Å². The fourth-order valence-corrected chi connectivity index (χ4v) is 4.96. The highest BCUT2D eigenvalue weighted by atomic mass is 16.8. The van der Waals surface area contributed by atoms with Crippen molar-refractivity contribution in [2.24, 2.45) is 0 Å². The molecule has 2 atom stereocenters. The maximum atomic E-state index is 13.4. The summed E-state index contributed by atoms with van der Waals surface area (Å²) in [6.45, 7) is 1.57. The smallest absolute Gasteiger partial charge is 0.449 e. The summed E-state index contributed by atoms with van der Waals surface area (Å²) in [6, 6.07) is 31.2. The van der Waals surface area contributed by atoms with E-state index in [2.05, 4.69) is 11.2 Å². The van der Waals surface area contributed by atoms with Crippen LogP contribution in [0.2, 0.25) is 0 Å². The van der Waals surface area contributed by atoms with Crippen LogP contribution in [0.25, 0.3) is 11.1 Å². The third-order valence-electron chi connectivity index (χ3n) is 7.11. The molecule has 1 aliphatic carbocycles. The second-order valence-corrected chi connectivity index (χ2v) is 9.97. The molecule has 0 saturated heterocycles. The Kier molecular flexibility index (Phi) is 9.03. The number of nitrogens with zero attached hydrogens (tertiary/aromatic N) is 1. The Bertz CT molecular complexity index is 1590. The summed E-state index contributed by atoms with van der Waals surface area (Å²) in [5.41, 5.74) is 5.08. The van der Waals surface area contributed by atoms with Crippen molar-refractivity contribution in [1.82, 2.24) is 10.4 Å². The predicted molar refractivity (Wildman–Crippen MR) is 161 cm³/mol. The molecule has 4 aromatic rings. The zero-order chi connectivity index (χ0) is 30.2. The van der Waals surface area contributed by atoms with Crippen LogP contribution in [0.1, 0.15) is 29.5 Å². The van der Waals surface area contributed by atoms with Crippen molar-refractivity contribution >= 4 is 18.2 Å². The number of terminal acetylenes is 1. The number of carbonyl (C=O) groups is 3. The number of fused-ring (bicyclic) bond motifs is 3. The molecule has 5 rings (SSSR count). The molecule has 0 bridgehead atoms. The number of ether oxygens (including phenoxy) is 2. The lowest BCUT2D eigenvalue weighted by atomic mass is 9.98. The summed E-state index contributed by atoms with van der Waals surface area (Å²) in [5, 5.41) is 3.30. The van der Waals surface area contributed by atoms with Gasteiger partial charge in [-0.2, -0.15) is 0 Å². The SMILES string of the molecule is C#CC(C)N(OC(=O)[C@H](Cc1ccccc1)NC(=O)OCC1c2ccccc2-c2ccccc21)C(=O)Oc1ccccc1. The van der Waals surface area contributed by atoms with Gasteiger partial charge in [0.25, 0.3) is 0 Å². The number of hydrogen-bond acceptors (Lipinski definition) is 6. The molecule has 0 fully saturated rings. The van der Waals surface area contributed by atoms with Crippen molar-refractivity contribution in [2.75, 3.05) is 6.61 Å². The molecule has 8 nitrogen and oxygen atoms in total. The molecule has 1 N–H and O–H groups in total. The minimum Gasteiger partial charge on any atom is -0.449 e. The molecule has 4 aromatic carbocycles. The van der Waals surface area contributed by atoms with Crippen LogP contribution >= 0.6 is 0 Å². The van der Waals surface area contributed by atoms with Crippen LogP contribution in [0.3, 0.4) is 0 Å². The summed E-state index contributed by atoms with van der Waals surface area (Å²) in [7, 11) is 0. The molecule has 1 unspecified atom stereocenters. The standard InChI is InChI=1S/C35H30N2O6/c1-3-24(2)37(35(40)42-26-16-8-5-9-17-26)43-33(38)32(22-25-14-6-4-7-15-25)36-34(39)41-23-31-29-20-12-10-18-27(29)28-19-11-13-21-30(28)31/h1,4-21,24,31-32H,22-23H2,2H3,(H,36,39)/t24?,32-/m0/s1. The molecule has 0 saturated carbocycles. The van der Waals surface area contributed by atoms with E-state index in [0.29, 0.717) is 5.06 Å². The summed E-state index contributed by atoms with van der Waals surface area (Å²) < 4.78 is 11.0. The summed E-state index contributed by atoms with van der Waals surface area (Å²) >= 11 is 0. The topological polar surface area (TPSA) is 94.2 Å². The van der Waals surface area contributed by atoms with E-state index < -0.39 is 30.2 Å². The second-order valence-electron chi connectivity index (χ2n) is 9.97. The maximum absolute atomic E-state index is 13.4. The van der Waals surface area contributed by atoms with Crippen molar-refractivity contribution in [3.63, 3.8) is 0 Å². The van der Waals surface area contributed by atoms with Crippen molar-refractivity contribution in [3.05, 3.63) is 126 Å². The second kappa shape index (κ2) is 13.4. The number of rotatable bonds is 8. The molecule has 0 heterocycles. The lowest BCUT2D eigenvalue weighted by Gasteiger charge is -2.26. The molecule has 216 valence electrons. The molecule has 1 aliphatic rings. The summed E-state index contributed by atoms with van der Waals surface area (Å²) in [4.78, 5) is 44.9. The largest absolute Gasteiger partial charge is 0.449 e. The molecule has 0 aromatic heterocycles. The molecular weight excluding hydrogens is 544 g/mol. The fraction of sp³-hybridized carbons (Fsp3) is 0.171. The number of alkyl carbamates (subject to hydrolysis) is 1. The third-order valence-corrected chi connectivity index (χ3v) is 7.11. The van der Waals surface area contributed by atoms with Crippen molar-refractivity contribution < 1.29 is 28.7 Å². The Morgan fingerprint density at radius 1 is 0.837 bits per heavy atom. The quantitative estimate of drug-likeness (QED) is 0.201. The predicted octanol–water partition coefficient (Wildman–Crippen LogP) is 6.12. The molecule has 8 heteroatoms. The third kappa shape index (κ3) is 6.85. The number of benzene rings is 4. The van der Waals surface area contributed by atoms with Gasteiger partial charge in [-0.25, -0.2) is 14.4 Å². The van der Waals surface area contributed by atoms with Gasteiger partial charge in [-0.05, 0) is 46.9 Å². The van der Waals surface area contributed by atoms with Gasteiger partial charge in [-0.1, -0.05) is 103 Å². The summed E-state index contributed by atoms with van der Waals surface area (Å²) in [6.07, 6.45) is 3.84. The van der Waals surface area contributed by atoms with Crippen LogP contribution < -0.4 is 10.1 Å². The molecule has 0 radical (unpaired) electrons. The lowest BCUT2D eigenvalue weighted by molar-refractivity contribution is -0.185. The van der Waals surface area contributed by atoms with Crippen LogP contribution in [-0.2, 0) is 20.8 Å². The molecule has 0 aliphatic heterocycles. The number of hydroxylamine groups is 2. The van der Waals surface area contributed by atoms with Crippen LogP contribution in [0.15, 0.2) is 109 Å². The average Bonchev–Trinajstić information content (AvgIpc) is 3.36. The zero-order valence-corrected chi connectivity index (χ0v) is 23.5. The minimum atomic E-state index is -1.20. The number of carbonyl (C=O) groups excluding carboxylic acids is 3. The molecule has 0 spiro atoms. The molecule has 43 heavy (non-hydrogen) atoms. The first-order valence-electron chi connectivity index (χ1n) is 13.8. The molecule has 2 amide bonds. The highest BCUT2D eigenvalue weighted by Gasteiger charge is 2.33. The fourth-order valence-electron chi connectivity index (χ4n) is 4.96. The Hall–Kier alpha value is -5.55. The Morgan fingerprint density at radius 3 is 2.00 bits per heavy atom. The van der Waals surface area contributed by atoms with E-state index in [-0.39, 0.29) is 24.7 Å². The first kappa shape index (κ1) is 29.0. The number of amides is 2. The number of para-hydroxylation sites is 1. The van der Waals surface area contributed by atoms with Gasteiger partial charge >= 0.3 is 18.2 Å².